The Kier molecular flexibility index (Phi) is 6.77. The van der Waals surface area contributed by atoms with Crippen LogP contribution >= 0.6 is 0 Å². The predicted octanol–water partition coefficient (Wildman–Crippen LogP) is 13.4. The molecule has 2 heteroatoms. The van der Waals surface area contributed by atoms with E-state index in [4.69, 9.17) is 4.42 Å². The summed E-state index contributed by atoms with van der Waals surface area (Å²) in [6.45, 7) is 4.98. The Balaban J connectivity index is 1.27. The standard InChI is InChI=1S/C52H36OSi/c1-54(2)48-26-13-11-18-39(48)45-32-35(28-30-49(45)54)37-24-14-23-36(34-27-29-47-44(31-34)38-17-10-12-25-46(38)53-47)51(37)52-42-21-8-6-19-40(42)50(33-15-4-3-5-16-33)41-20-7-9-22-43(41)52/h3-32H,1-2H3. The van der Waals surface area contributed by atoms with Gasteiger partial charge >= 0.3 is 0 Å². The van der Waals surface area contributed by atoms with Crippen LogP contribution in [0.25, 0.3) is 99.1 Å². The summed E-state index contributed by atoms with van der Waals surface area (Å²) in [6, 6.07) is 67.2. The second kappa shape index (κ2) is 11.8. The summed E-state index contributed by atoms with van der Waals surface area (Å²) in [6.07, 6.45) is 0. The van der Waals surface area contributed by atoms with Gasteiger partial charge < -0.3 is 4.42 Å². The number of hydrogen-bond donors (Lipinski definition) is 0. The van der Waals surface area contributed by atoms with E-state index in [0.29, 0.717) is 0 Å². The van der Waals surface area contributed by atoms with Gasteiger partial charge in [-0.2, -0.15) is 0 Å². The Hall–Kier alpha value is -6.48. The van der Waals surface area contributed by atoms with Gasteiger partial charge in [-0.1, -0.05) is 171 Å². The predicted molar refractivity (Wildman–Crippen MR) is 233 cm³/mol. The first kappa shape index (κ1) is 31.1. The summed E-state index contributed by atoms with van der Waals surface area (Å²) < 4.78 is 6.31. The molecule has 0 saturated heterocycles. The fourth-order valence-electron chi connectivity index (χ4n) is 9.40. The van der Waals surface area contributed by atoms with E-state index in [0.717, 1.165) is 21.9 Å². The molecule has 2 heterocycles. The maximum Gasteiger partial charge on any atom is 0.135 e. The molecule has 0 bridgehead atoms. The number of benzene rings is 9. The van der Waals surface area contributed by atoms with E-state index in [1.807, 2.05) is 6.07 Å². The molecule has 0 unspecified atom stereocenters. The number of furan rings is 1. The molecule has 0 fully saturated rings. The summed E-state index contributed by atoms with van der Waals surface area (Å²) in [4.78, 5) is 0. The van der Waals surface area contributed by atoms with Gasteiger partial charge in [-0.15, -0.1) is 0 Å². The lowest BCUT2D eigenvalue weighted by atomic mass is 9.80. The highest BCUT2D eigenvalue weighted by Gasteiger charge is 2.37. The van der Waals surface area contributed by atoms with Crippen LogP contribution in [-0.4, -0.2) is 8.07 Å². The molecule has 1 aliphatic rings. The van der Waals surface area contributed by atoms with Crippen LogP contribution in [0.15, 0.2) is 186 Å². The van der Waals surface area contributed by atoms with Gasteiger partial charge in [0.1, 0.15) is 19.2 Å². The van der Waals surface area contributed by atoms with Gasteiger partial charge in [-0.05, 0) is 112 Å². The third-order valence-electron chi connectivity index (χ3n) is 11.9. The third-order valence-corrected chi connectivity index (χ3v) is 15.5. The Bertz CT molecular complexity index is 3070. The first-order valence-corrected chi connectivity index (χ1v) is 21.8. The van der Waals surface area contributed by atoms with Crippen LogP contribution in [0.4, 0.5) is 0 Å². The van der Waals surface area contributed by atoms with Gasteiger partial charge in [0.25, 0.3) is 0 Å². The molecule has 0 spiro atoms. The first-order valence-electron chi connectivity index (χ1n) is 18.8. The van der Waals surface area contributed by atoms with Gasteiger partial charge in [0, 0.05) is 10.8 Å². The van der Waals surface area contributed by atoms with E-state index in [9.17, 15) is 0 Å². The topological polar surface area (TPSA) is 13.1 Å². The molecule has 1 nitrogen and oxygen atoms in total. The largest absolute Gasteiger partial charge is 0.456 e. The van der Waals surface area contributed by atoms with Crippen molar-refractivity contribution in [1.82, 2.24) is 0 Å². The van der Waals surface area contributed by atoms with Crippen molar-refractivity contribution in [3.8, 4) is 55.6 Å². The third kappa shape index (κ3) is 4.50. The van der Waals surface area contributed by atoms with Crippen LogP contribution in [0.1, 0.15) is 0 Å². The van der Waals surface area contributed by atoms with Crippen molar-refractivity contribution < 1.29 is 4.42 Å². The zero-order valence-electron chi connectivity index (χ0n) is 30.2. The molecule has 1 aromatic heterocycles. The zero-order chi connectivity index (χ0) is 36.0. The van der Waals surface area contributed by atoms with Crippen LogP contribution in [-0.2, 0) is 0 Å². The minimum atomic E-state index is -1.81. The second-order valence-corrected chi connectivity index (χ2v) is 19.5. The summed E-state index contributed by atoms with van der Waals surface area (Å²) in [5, 5.41) is 10.3. The highest BCUT2D eigenvalue weighted by molar-refractivity contribution is 7.03. The average Bonchev–Trinajstić information content (AvgIpc) is 3.71. The van der Waals surface area contributed by atoms with Crippen molar-refractivity contribution >= 4 is 61.9 Å². The van der Waals surface area contributed by atoms with Crippen LogP contribution in [0.5, 0.6) is 0 Å². The van der Waals surface area contributed by atoms with Crippen molar-refractivity contribution in [3.05, 3.63) is 182 Å². The molecule has 0 radical (unpaired) electrons. The highest BCUT2D eigenvalue weighted by Crippen LogP contribution is 2.50. The molecule has 0 amide bonds. The molecule has 9 aromatic carbocycles. The highest BCUT2D eigenvalue weighted by atomic mass is 28.3. The molecule has 0 atom stereocenters. The molecular formula is C52H36OSi. The quantitative estimate of drug-likeness (QED) is 0.131. The lowest BCUT2D eigenvalue weighted by Crippen LogP contribution is -2.49. The van der Waals surface area contributed by atoms with E-state index in [1.54, 1.807) is 0 Å². The van der Waals surface area contributed by atoms with Gasteiger partial charge in [0.15, 0.2) is 0 Å². The number of para-hydroxylation sites is 1. The number of fused-ring (bicyclic) bond motifs is 8. The Labute approximate surface area is 315 Å². The van der Waals surface area contributed by atoms with E-state index in [-0.39, 0.29) is 0 Å². The molecular weight excluding hydrogens is 669 g/mol. The monoisotopic (exact) mass is 704 g/mol. The SMILES string of the molecule is C[Si]1(C)c2ccccc2-c2cc(-c3cccc(-c4ccc5oc6ccccc6c5c4)c3-c3c4ccccc4c(-c4ccccc4)c4ccccc34)ccc21. The fraction of sp³-hybridized carbons (Fsp3) is 0.0385. The Morgan fingerprint density at radius 1 is 0.315 bits per heavy atom. The smallest absolute Gasteiger partial charge is 0.135 e. The van der Waals surface area contributed by atoms with Crippen molar-refractivity contribution in [2.45, 2.75) is 13.1 Å². The van der Waals surface area contributed by atoms with Crippen molar-refractivity contribution in [1.29, 1.82) is 0 Å². The molecule has 0 N–H and O–H groups in total. The van der Waals surface area contributed by atoms with Gasteiger partial charge in [-0.3, -0.25) is 0 Å². The summed E-state index contributed by atoms with van der Waals surface area (Å²) >= 11 is 0. The fourth-order valence-corrected chi connectivity index (χ4v) is 12.5. The van der Waals surface area contributed by atoms with E-state index < -0.39 is 8.07 Å². The lowest BCUT2D eigenvalue weighted by Gasteiger charge is -2.23. The van der Waals surface area contributed by atoms with Crippen LogP contribution in [0.2, 0.25) is 13.1 Å². The molecule has 10 aromatic rings. The molecule has 1 aliphatic heterocycles. The van der Waals surface area contributed by atoms with Crippen molar-refractivity contribution in [2.24, 2.45) is 0 Å². The Morgan fingerprint density at radius 3 is 1.56 bits per heavy atom. The van der Waals surface area contributed by atoms with Gasteiger partial charge in [0.05, 0.1) is 0 Å². The van der Waals surface area contributed by atoms with Crippen molar-refractivity contribution in [2.75, 3.05) is 0 Å². The minimum absolute atomic E-state index is 0.907. The van der Waals surface area contributed by atoms with Crippen LogP contribution < -0.4 is 10.4 Å². The first-order chi connectivity index (χ1) is 26.6. The molecule has 11 rings (SSSR count). The van der Waals surface area contributed by atoms with E-state index in [2.05, 4.69) is 189 Å². The average molecular weight is 705 g/mol. The minimum Gasteiger partial charge on any atom is -0.456 e. The van der Waals surface area contributed by atoms with E-state index in [1.165, 1.54) is 87.6 Å². The van der Waals surface area contributed by atoms with Gasteiger partial charge in [0.2, 0.25) is 0 Å². The molecule has 54 heavy (non-hydrogen) atoms. The summed E-state index contributed by atoms with van der Waals surface area (Å²) in [7, 11) is -1.81. The maximum absolute atomic E-state index is 6.31. The summed E-state index contributed by atoms with van der Waals surface area (Å²) in [5.74, 6) is 0. The molecule has 0 aliphatic carbocycles. The lowest BCUT2D eigenvalue weighted by molar-refractivity contribution is 0.669. The van der Waals surface area contributed by atoms with Crippen molar-refractivity contribution in [3.63, 3.8) is 0 Å². The normalized spacial score (nSPS) is 13.1. The number of hydrogen-bond acceptors (Lipinski definition) is 1. The van der Waals surface area contributed by atoms with Gasteiger partial charge in [-0.25, -0.2) is 0 Å². The number of rotatable bonds is 4. The van der Waals surface area contributed by atoms with Crippen LogP contribution in [0, 0.1) is 0 Å². The Morgan fingerprint density at radius 2 is 0.833 bits per heavy atom. The second-order valence-electron chi connectivity index (χ2n) is 15.2. The summed E-state index contributed by atoms with van der Waals surface area (Å²) in [5.41, 5.74) is 14.5. The molecule has 0 saturated carbocycles. The van der Waals surface area contributed by atoms with Crippen LogP contribution in [0.3, 0.4) is 0 Å². The molecule has 254 valence electrons. The van der Waals surface area contributed by atoms with E-state index >= 15 is 0 Å². The maximum atomic E-state index is 6.31. The zero-order valence-corrected chi connectivity index (χ0v) is 31.2.